The summed E-state index contributed by atoms with van der Waals surface area (Å²) in [6, 6.07) is 14.7. The average molecular weight is 283 g/mol. The molecule has 21 heavy (non-hydrogen) atoms. The van der Waals surface area contributed by atoms with Crippen LogP contribution in [0.15, 0.2) is 48.5 Å². The molecule has 0 atom stereocenters. The van der Waals surface area contributed by atoms with Crippen LogP contribution < -0.4 is 5.32 Å². The lowest BCUT2D eigenvalue weighted by Crippen LogP contribution is -2.32. The van der Waals surface area contributed by atoms with Gasteiger partial charge in [-0.3, -0.25) is 4.79 Å². The molecule has 1 amide bonds. The monoisotopic (exact) mass is 283 g/mol. The van der Waals surface area contributed by atoms with Gasteiger partial charge in [0.2, 0.25) is 5.91 Å². The molecular weight excluding hydrogens is 265 g/mol. The van der Waals surface area contributed by atoms with Crippen LogP contribution in [0.1, 0.15) is 16.7 Å². The van der Waals surface area contributed by atoms with Gasteiger partial charge < -0.3 is 5.32 Å². The molecule has 0 aliphatic heterocycles. The third-order valence-electron chi connectivity index (χ3n) is 4.02. The summed E-state index contributed by atoms with van der Waals surface area (Å²) >= 11 is 0. The van der Waals surface area contributed by atoms with Crippen molar-refractivity contribution in [2.24, 2.45) is 5.92 Å². The third kappa shape index (κ3) is 3.30. The molecule has 2 aromatic carbocycles. The van der Waals surface area contributed by atoms with Crippen molar-refractivity contribution in [3.63, 3.8) is 0 Å². The molecule has 1 aliphatic carbocycles. The number of nitrogens with one attached hydrogen (secondary N) is 1. The fourth-order valence-corrected chi connectivity index (χ4v) is 2.91. The number of halogens is 1. The van der Waals surface area contributed by atoms with Gasteiger partial charge in [-0.15, -0.1) is 0 Å². The van der Waals surface area contributed by atoms with Crippen molar-refractivity contribution in [3.05, 3.63) is 71.0 Å². The smallest absolute Gasteiger partial charge is 0.223 e. The minimum Gasteiger partial charge on any atom is -0.356 e. The number of hydrogen-bond acceptors (Lipinski definition) is 1. The van der Waals surface area contributed by atoms with Crippen LogP contribution in [0.25, 0.3) is 0 Å². The Balaban J connectivity index is 1.50. The first-order valence-electron chi connectivity index (χ1n) is 7.31. The molecule has 0 saturated carbocycles. The minimum atomic E-state index is -0.231. The molecule has 0 fully saturated rings. The number of carbonyl (C=O) groups excluding carboxylic acids is 1. The van der Waals surface area contributed by atoms with Gasteiger partial charge in [0.15, 0.2) is 0 Å². The Labute approximate surface area is 124 Å². The van der Waals surface area contributed by atoms with Gasteiger partial charge in [-0.05, 0) is 48.1 Å². The zero-order chi connectivity index (χ0) is 14.7. The van der Waals surface area contributed by atoms with Crippen molar-refractivity contribution in [2.45, 2.75) is 19.3 Å². The predicted octanol–water partition coefficient (Wildman–Crippen LogP) is 2.90. The highest BCUT2D eigenvalue weighted by molar-refractivity contribution is 5.80. The molecule has 1 N–H and O–H groups in total. The Morgan fingerprint density at radius 2 is 1.81 bits per heavy atom. The molecule has 2 aromatic rings. The van der Waals surface area contributed by atoms with Crippen molar-refractivity contribution >= 4 is 5.91 Å². The van der Waals surface area contributed by atoms with Crippen molar-refractivity contribution < 1.29 is 9.18 Å². The minimum absolute atomic E-state index is 0.0370. The largest absolute Gasteiger partial charge is 0.356 e. The highest BCUT2D eigenvalue weighted by Crippen LogP contribution is 2.26. The lowest BCUT2D eigenvalue weighted by atomic mass is 10.1. The maximum Gasteiger partial charge on any atom is 0.223 e. The van der Waals surface area contributed by atoms with E-state index in [1.54, 1.807) is 6.07 Å². The van der Waals surface area contributed by atoms with E-state index in [2.05, 4.69) is 17.4 Å². The molecule has 108 valence electrons. The van der Waals surface area contributed by atoms with Crippen LogP contribution in [0.2, 0.25) is 0 Å². The molecule has 2 nitrogen and oxygen atoms in total. The summed E-state index contributed by atoms with van der Waals surface area (Å²) in [5.41, 5.74) is 3.47. The number of hydrogen-bond donors (Lipinski definition) is 1. The van der Waals surface area contributed by atoms with E-state index >= 15 is 0 Å². The Morgan fingerprint density at radius 1 is 1.10 bits per heavy atom. The number of amides is 1. The van der Waals surface area contributed by atoms with E-state index in [4.69, 9.17) is 0 Å². The van der Waals surface area contributed by atoms with Crippen LogP contribution in [0.5, 0.6) is 0 Å². The van der Waals surface area contributed by atoms with E-state index in [1.807, 2.05) is 18.2 Å². The zero-order valence-electron chi connectivity index (χ0n) is 11.8. The molecule has 1 aliphatic rings. The molecular formula is C18H18FNO. The second kappa shape index (κ2) is 6.08. The van der Waals surface area contributed by atoms with E-state index in [0.717, 1.165) is 18.4 Å². The van der Waals surface area contributed by atoms with Gasteiger partial charge in [0.05, 0.1) is 0 Å². The molecule has 3 heteroatoms. The fourth-order valence-electron chi connectivity index (χ4n) is 2.91. The topological polar surface area (TPSA) is 29.1 Å². The predicted molar refractivity (Wildman–Crippen MR) is 80.5 cm³/mol. The van der Waals surface area contributed by atoms with Crippen molar-refractivity contribution in [1.29, 1.82) is 0 Å². The molecule has 0 saturated heterocycles. The summed E-state index contributed by atoms with van der Waals surface area (Å²) in [5, 5.41) is 2.97. The molecule has 0 radical (unpaired) electrons. The maximum atomic E-state index is 13.1. The summed E-state index contributed by atoms with van der Waals surface area (Å²) in [6.45, 7) is 0.551. The van der Waals surface area contributed by atoms with Gasteiger partial charge in [-0.2, -0.15) is 0 Å². The molecule has 0 unspecified atom stereocenters. The number of carbonyl (C=O) groups is 1. The van der Waals surface area contributed by atoms with Gasteiger partial charge in [-0.1, -0.05) is 36.4 Å². The normalized spacial score (nSPS) is 14.0. The van der Waals surface area contributed by atoms with Gasteiger partial charge >= 0.3 is 0 Å². The van der Waals surface area contributed by atoms with Crippen molar-refractivity contribution in [3.8, 4) is 0 Å². The van der Waals surface area contributed by atoms with Gasteiger partial charge in [0.25, 0.3) is 0 Å². The Hall–Kier alpha value is -2.16. The lowest BCUT2D eigenvalue weighted by molar-refractivity contribution is -0.124. The first-order valence-corrected chi connectivity index (χ1v) is 7.31. The third-order valence-corrected chi connectivity index (χ3v) is 4.02. The summed E-state index contributed by atoms with van der Waals surface area (Å²) < 4.78 is 13.1. The summed E-state index contributed by atoms with van der Waals surface area (Å²) in [4.78, 5) is 12.2. The first kappa shape index (κ1) is 13.8. The number of rotatable bonds is 4. The molecule has 0 heterocycles. The molecule has 0 spiro atoms. The van der Waals surface area contributed by atoms with Gasteiger partial charge in [0, 0.05) is 12.5 Å². The Morgan fingerprint density at radius 3 is 2.48 bits per heavy atom. The molecule has 0 bridgehead atoms. The molecule has 0 aromatic heterocycles. The van der Waals surface area contributed by atoms with Crippen LogP contribution in [0.3, 0.4) is 0 Å². The van der Waals surface area contributed by atoms with E-state index in [9.17, 15) is 9.18 Å². The highest BCUT2D eigenvalue weighted by Gasteiger charge is 2.26. The average Bonchev–Trinajstić information content (AvgIpc) is 2.91. The number of fused-ring (bicyclic) bond motifs is 1. The van der Waals surface area contributed by atoms with E-state index in [0.29, 0.717) is 13.0 Å². The van der Waals surface area contributed by atoms with Crippen LogP contribution in [0, 0.1) is 11.7 Å². The van der Waals surface area contributed by atoms with Crippen LogP contribution >= 0.6 is 0 Å². The van der Waals surface area contributed by atoms with Crippen LogP contribution in [0.4, 0.5) is 4.39 Å². The first-order chi connectivity index (χ1) is 10.2. The highest BCUT2D eigenvalue weighted by atomic mass is 19.1. The van der Waals surface area contributed by atoms with E-state index in [1.165, 1.54) is 23.3 Å². The van der Waals surface area contributed by atoms with Gasteiger partial charge in [0.1, 0.15) is 5.82 Å². The quantitative estimate of drug-likeness (QED) is 0.918. The van der Waals surface area contributed by atoms with Gasteiger partial charge in [-0.25, -0.2) is 4.39 Å². The lowest BCUT2D eigenvalue weighted by Gasteiger charge is -2.10. The van der Waals surface area contributed by atoms with Crippen molar-refractivity contribution in [2.75, 3.05) is 6.54 Å². The Kier molecular flexibility index (Phi) is 4.00. The molecule has 3 rings (SSSR count). The summed E-state index contributed by atoms with van der Waals surface area (Å²) in [7, 11) is 0. The number of benzene rings is 2. The summed E-state index contributed by atoms with van der Waals surface area (Å²) in [6.07, 6.45) is 2.30. The standard InChI is InChI=1S/C18H18FNO/c19-17-7-3-4-13(10-17)8-9-20-18(21)16-11-14-5-1-2-6-15(14)12-16/h1-7,10,16H,8-9,11-12H2,(H,20,21). The fraction of sp³-hybridized carbons (Fsp3) is 0.278. The maximum absolute atomic E-state index is 13.1. The SMILES string of the molecule is O=C(NCCc1cccc(F)c1)C1Cc2ccccc2C1. The second-order valence-corrected chi connectivity index (χ2v) is 5.54. The Bertz CT molecular complexity index is 628. The van der Waals surface area contributed by atoms with E-state index < -0.39 is 0 Å². The summed E-state index contributed by atoms with van der Waals surface area (Å²) in [5.74, 6) is -0.0948. The zero-order valence-corrected chi connectivity index (χ0v) is 11.8. The van der Waals surface area contributed by atoms with Crippen LogP contribution in [-0.2, 0) is 24.1 Å². The van der Waals surface area contributed by atoms with Crippen LogP contribution in [-0.4, -0.2) is 12.5 Å². The van der Waals surface area contributed by atoms with E-state index in [-0.39, 0.29) is 17.6 Å². The van der Waals surface area contributed by atoms with Crippen molar-refractivity contribution in [1.82, 2.24) is 5.32 Å². The second-order valence-electron chi connectivity index (χ2n) is 5.54.